The maximum atomic E-state index is 11.9. The van der Waals surface area contributed by atoms with Crippen LogP contribution in [0.3, 0.4) is 0 Å². The molecule has 0 N–H and O–H groups in total. The van der Waals surface area contributed by atoms with E-state index in [-0.39, 0.29) is 0 Å². The van der Waals surface area contributed by atoms with E-state index in [1.165, 1.54) is 17.4 Å². The normalized spacial score (nSPS) is 10.9. The van der Waals surface area contributed by atoms with Crippen molar-refractivity contribution in [2.45, 2.75) is 0 Å². The van der Waals surface area contributed by atoms with Gasteiger partial charge in [0.05, 0.1) is 10.6 Å². The van der Waals surface area contributed by atoms with Crippen LogP contribution in [0.2, 0.25) is 0 Å². The fourth-order valence-corrected chi connectivity index (χ4v) is 3.45. The van der Waals surface area contributed by atoms with Gasteiger partial charge < -0.3 is 0 Å². The third-order valence-corrected chi connectivity index (χ3v) is 4.82. The van der Waals surface area contributed by atoms with Crippen LogP contribution in [-0.4, -0.2) is 16.6 Å². The number of carbonyl (C=O) groups is 2. The molecule has 0 aliphatic rings. The highest BCUT2D eigenvalue weighted by Gasteiger charge is 2.12. The lowest BCUT2D eigenvalue weighted by molar-refractivity contribution is -0.110. The average Bonchev–Trinajstić information content (AvgIpc) is 3.23. The molecule has 3 aromatic rings. The molecule has 0 unspecified atom stereocenters. The van der Waals surface area contributed by atoms with Crippen molar-refractivity contribution in [2.75, 3.05) is 0 Å². The number of carbonyl (C=O) groups excluding carboxylic acids is 2. The second-order valence-electron chi connectivity index (χ2n) is 4.45. The lowest BCUT2D eigenvalue weighted by Gasteiger charge is -1.95. The first-order valence-corrected chi connectivity index (χ1v) is 8.31. The molecule has 0 atom stereocenters. The smallest absolute Gasteiger partial charge is 0.232 e. The molecular formula is C17H11NO2S2. The van der Waals surface area contributed by atoms with Gasteiger partial charge in [-0.1, -0.05) is 36.4 Å². The molecule has 5 heteroatoms. The first kappa shape index (κ1) is 14.6. The topological polar surface area (TPSA) is 47.0 Å². The lowest BCUT2D eigenvalue weighted by Crippen LogP contribution is -2.10. The molecule has 0 amide bonds. The molecule has 3 rings (SSSR count). The Hall–Kier alpha value is -2.37. The predicted octanol–water partition coefficient (Wildman–Crippen LogP) is 4.34. The SMILES string of the molecule is O=C(/C=C/c1csc(-c2cccs2)n1)C(=O)c1ccccc1. The molecule has 0 bridgehead atoms. The summed E-state index contributed by atoms with van der Waals surface area (Å²) >= 11 is 3.13. The molecule has 2 heterocycles. The van der Waals surface area contributed by atoms with Gasteiger partial charge in [0.1, 0.15) is 5.01 Å². The second-order valence-corrected chi connectivity index (χ2v) is 6.25. The van der Waals surface area contributed by atoms with Gasteiger partial charge in [0.15, 0.2) is 0 Å². The van der Waals surface area contributed by atoms with E-state index in [0.29, 0.717) is 11.3 Å². The Labute approximate surface area is 135 Å². The van der Waals surface area contributed by atoms with Crippen molar-refractivity contribution < 1.29 is 9.59 Å². The van der Waals surface area contributed by atoms with E-state index in [9.17, 15) is 9.59 Å². The first-order valence-electron chi connectivity index (χ1n) is 6.55. The maximum absolute atomic E-state index is 11.9. The van der Waals surface area contributed by atoms with Gasteiger partial charge in [-0.05, 0) is 23.6 Å². The van der Waals surface area contributed by atoms with Gasteiger partial charge in [-0.2, -0.15) is 0 Å². The number of thiophene rings is 1. The fourth-order valence-electron chi connectivity index (χ4n) is 1.84. The highest BCUT2D eigenvalue weighted by Crippen LogP contribution is 2.28. The van der Waals surface area contributed by atoms with Gasteiger partial charge in [0.25, 0.3) is 0 Å². The predicted molar refractivity (Wildman–Crippen MR) is 90.2 cm³/mol. The number of thiazole rings is 1. The standard InChI is InChI=1S/C17H11NO2S2/c19-14(16(20)12-5-2-1-3-6-12)9-8-13-11-22-17(18-13)15-7-4-10-21-15/h1-11H/b9-8+. The summed E-state index contributed by atoms with van der Waals surface area (Å²) in [5.74, 6) is -1.05. The number of allylic oxidation sites excluding steroid dienone is 1. The van der Waals surface area contributed by atoms with Gasteiger partial charge in [0.2, 0.25) is 11.6 Å². The Morgan fingerprint density at radius 1 is 1.00 bits per heavy atom. The van der Waals surface area contributed by atoms with Crippen LogP contribution in [0.4, 0.5) is 0 Å². The highest BCUT2D eigenvalue weighted by atomic mass is 32.1. The fraction of sp³-hybridized carbons (Fsp3) is 0. The minimum atomic E-state index is -0.545. The van der Waals surface area contributed by atoms with Gasteiger partial charge in [-0.3, -0.25) is 9.59 Å². The Balaban J connectivity index is 1.72. The molecule has 0 aliphatic carbocycles. The molecule has 108 valence electrons. The Bertz CT molecular complexity index is 817. The molecule has 0 saturated carbocycles. The van der Waals surface area contributed by atoms with E-state index in [1.54, 1.807) is 47.7 Å². The second kappa shape index (κ2) is 6.60. The molecule has 0 saturated heterocycles. The molecule has 0 radical (unpaired) electrons. The maximum Gasteiger partial charge on any atom is 0.232 e. The van der Waals surface area contributed by atoms with Crippen LogP contribution < -0.4 is 0 Å². The molecule has 2 aromatic heterocycles. The quantitative estimate of drug-likeness (QED) is 0.398. The molecule has 22 heavy (non-hydrogen) atoms. The van der Waals surface area contributed by atoms with Crippen LogP contribution in [0.1, 0.15) is 16.1 Å². The highest BCUT2D eigenvalue weighted by molar-refractivity contribution is 7.20. The molecule has 0 aliphatic heterocycles. The third-order valence-electron chi connectivity index (χ3n) is 2.92. The Morgan fingerprint density at radius 3 is 2.55 bits per heavy atom. The van der Waals surface area contributed by atoms with Gasteiger partial charge in [0, 0.05) is 10.9 Å². The van der Waals surface area contributed by atoms with Crippen molar-refractivity contribution in [1.82, 2.24) is 4.98 Å². The van der Waals surface area contributed by atoms with Crippen LogP contribution in [0.25, 0.3) is 16.0 Å². The van der Waals surface area contributed by atoms with Crippen molar-refractivity contribution in [3.05, 3.63) is 70.6 Å². The first-order chi connectivity index (χ1) is 10.7. The summed E-state index contributed by atoms with van der Waals surface area (Å²) in [4.78, 5) is 29.4. The third kappa shape index (κ3) is 3.27. The van der Waals surface area contributed by atoms with E-state index in [1.807, 2.05) is 22.9 Å². The average molecular weight is 325 g/mol. The number of hydrogen-bond acceptors (Lipinski definition) is 5. The van der Waals surface area contributed by atoms with E-state index in [2.05, 4.69) is 4.98 Å². The number of rotatable bonds is 5. The van der Waals surface area contributed by atoms with E-state index < -0.39 is 11.6 Å². The van der Waals surface area contributed by atoms with Crippen LogP contribution in [0.15, 0.2) is 59.3 Å². The van der Waals surface area contributed by atoms with Crippen LogP contribution in [0, 0.1) is 0 Å². The van der Waals surface area contributed by atoms with Gasteiger partial charge in [-0.15, -0.1) is 22.7 Å². The number of ketones is 2. The van der Waals surface area contributed by atoms with Crippen LogP contribution in [0.5, 0.6) is 0 Å². The zero-order valence-electron chi connectivity index (χ0n) is 11.4. The zero-order chi connectivity index (χ0) is 15.4. The summed E-state index contributed by atoms with van der Waals surface area (Å²) in [5, 5.41) is 4.77. The summed E-state index contributed by atoms with van der Waals surface area (Å²) in [6.45, 7) is 0. The van der Waals surface area contributed by atoms with Crippen LogP contribution >= 0.6 is 22.7 Å². The van der Waals surface area contributed by atoms with Crippen molar-refractivity contribution in [3.63, 3.8) is 0 Å². The molecular weight excluding hydrogens is 314 g/mol. The van der Waals surface area contributed by atoms with E-state index in [4.69, 9.17) is 0 Å². The minimum Gasteiger partial charge on any atom is -0.286 e. The van der Waals surface area contributed by atoms with Crippen molar-refractivity contribution in [3.8, 4) is 9.88 Å². The van der Waals surface area contributed by atoms with Crippen molar-refractivity contribution in [2.24, 2.45) is 0 Å². The van der Waals surface area contributed by atoms with E-state index in [0.717, 1.165) is 9.88 Å². The largest absolute Gasteiger partial charge is 0.286 e. The Morgan fingerprint density at radius 2 is 1.82 bits per heavy atom. The minimum absolute atomic E-state index is 0.398. The lowest BCUT2D eigenvalue weighted by atomic mass is 10.1. The van der Waals surface area contributed by atoms with Gasteiger partial charge in [-0.25, -0.2) is 4.98 Å². The number of nitrogens with zero attached hydrogens (tertiary/aromatic N) is 1. The van der Waals surface area contributed by atoms with Crippen molar-refractivity contribution >= 4 is 40.3 Å². The summed E-state index contributed by atoms with van der Waals surface area (Å²) in [6.07, 6.45) is 2.86. The summed E-state index contributed by atoms with van der Waals surface area (Å²) in [7, 11) is 0. The number of Topliss-reactive ketones (excluding diaryl/α,β-unsaturated/α-hetero) is 1. The zero-order valence-corrected chi connectivity index (χ0v) is 13.1. The van der Waals surface area contributed by atoms with Gasteiger partial charge >= 0.3 is 0 Å². The molecule has 0 spiro atoms. The summed E-state index contributed by atoms with van der Waals surface area (Å²) < 4.78 is 0. The summed E-state index contributed by atoms with van der Waals surface area (Å²) in [5.41, 5.74) is 1.08. The van der Waals surface area contributed by atoms with Crippen molar-refractivity contribution in [1.29, 1.82) is 0 Å². The Kier molecular flexibility index (Phi) is 4.37. The monoisotopic (exact) mass is 325 g/mol. The number of hydrogen-bond donors (Lipinski definition) is 0. The van der Waals surface area contributed by atoms with E-state index >= 15 is 0 Å². The van der Waals surface area contributed by atoms with Crippen LogP contribution in [-0.2, 0) is 4.79 Å². The number of aromatic nitrogens is 1. The summed E-state index contributed by atoms with van der Waals surface area (Å²) in [6, 6.07) is 12.5. The molecule has 1 aromatic carbocycles. The number of benzene rings is 1. The molecule has 3 nitrogen and oxygen atoms in total. The molecule has 0 fully saturated rings.